The summed E-state index contributed by atoms with van der Waals surface area (Å²) in [5.74, 6) is 0.313. The molecule has 2 heterocycles. The molecule has 156 valence electrons. The van der Waals surface area contributed by atoms with Crippen LogP contribution in [0.1, 0.15) is 40.0 Å². The molecule has 0 unspecified atom stereocenters. The van der Waals surface area contributed by atoms with Crippen LogP contribution in [0.3, 0.4) is 0 Å². The predicted molar refractivity (Wildman–Crippen MR) is 111 cm³/mol. The van der Waals surface area contributed by atoms with E-state index in [9.17, 15) is 14.9 Å². The maximum Gasteiger partial charge on any atom is 0.265 e. The zero-order chi connectivity index (χ0) is 21.0. The first-order valence-corrected chi connectivity index (χ1v) is 10.4. The molecule has 2 aliphatic rings. The summed E-state index contributed by atoms with van der Waals surface area (Å²) in [6.07, 6.45) is 2.55. The molecule has 1 aromatic rings. The minimum atomic E-state index is -0.939. The lowest BCUT2D eigenvalue weighted by molar-refractivity contribution is -0.139. The lowest BCUT2D eigenvalue weighted by Gasteiger charge is -2.38. The molecular formula is C22H30N4O3. The van der Waals surface area contributed by atoms with E-state index < -0.39 is 11.6 Å². The van der Waals surface area contributed by atoms with Crippen LogP contribution in [0.5, 0.6) is 5.75 Å². The summed E-state index contributed by atoms with van der Waals surface area (Å²) in [5.41, 5.74) is -0.153. The summed E-state index contributed by atoms with van der Waals surface area (Å²) in [5, 5.41) is 12.3. The molecule has 3 rings (SSSR count). The Morgan fingerprint density at radius 2 is 1.97 bits per heavy atom. The van der Waals surface area contributed by atoms with Gasteiger partial charge in [0.05, 0.1) is 24.8 Å². The molecule has 1 aromatic carbocycles. The maximum atomic E-state index is 13.0. The summed E-state index contributed by atoms with van der Waals surface area (Å²) in [6, 6.07) is 9.65. The number of piperidine rings is 1. The van der Waals surface area contributed by atoms with Crippen molar-refractivity contribution in [2.24, 2.45) is 5.92 Å². The van der Waals surface area contributed by atoms with Gasteiger partial charge in [0.15, 0.2) is 6.10 Å². The molecule has 0 radical (unpaired) electrons. The van der Waals surface area contributed by atoms with Crippen LogP contribution in [-0.4, -0.2) is 54.5 Å². The van der Waals surface area contributed by atoms with Gasteiger partial charge in [-0.1, -0.05) is 26.0 Å². The average molecular weight is 399 g/mol. The first-order valence-electron chi connectivity index (χ1n) is 10.4. The molecule has 29 heavy (non-hydrogen) atoms. The number of para-hydroxylation sites is 2. The fourth-order valence-corrected chi connectivity index (χ4v) is 3.71. The summed E-state index contributed by atoms with van der Waals surface area (Å²) >= 11 is 0. The quantitative estimate of drug-likeness (QED) is 0.823. The molecule has 1 fully saturated rings. The SMILES string of the molecule is CC(C)[C@@](C)(C#N)NC(=O)CN1C[C@H](C(=O)N2CCCCC2)Oc2ccccc21. The Balaban J connectivity index is 1.75. The molecule has 0 aliphatic carbocycles. The monoisotopic (exact) mass is 398 g/mol. The standard InChI is InChI=1S/C22H30N4O3/c1-16(2)22(3,15-23)24-20(27)14-26-13-19(21(28)25-11-7-4-8-12-25)29-18-10-6-5-9-17(18)26/h5-6,9-10,16,19H,4,7-8,11-14H2,1-3H3,(H,24,27)/t19-,22-/m1/s1. The van der Waals surface area contributed by atoms with Gasteiger partial charge in [-0.3, -0.25) is 9.59 Å². The summed E-state index contributed by atoms with van der Waals surface area (Å²) < 4.78 is 6.00. The van der Waals surface area contributed by atoms with Crippen LogP contribution in [0.25, 0.3) is 0 Å². The number of ether oxygens (including phenoxy) is 1. The molecule has 2 amide bonds. The Hall–Kier alpha value is -2.75. The van der Waals surface area contributed by atoms with Crippen LogP contribution in [0.4, 0.5) is 5.69 Å². The molecule has 7 nitrogen and oxygen atoms in total. The normalized spacial score (nSPS) is 20.9. The van der Waals surface area contributed by atoms with E-state index in [4.69, 9.17) is 4.74 Å². The second kappa shape index (κ2) is 8.73. The van der Waals surface area contributed by atoms with Gasteiger partial charge in [0.1, 0.15) is 11.3 Å². The zero-order valence-electron chi connectivity index (χ0n) is 17.5. The summed E-state index contributed by atoms with van der Waals surface area (Å²) in [6.45, 7) is 7.43. The third-order valence-electron chi connectivity index (χ3n) is 5.93. The maximum absolute atomic E-state index is 13.0. The fraction of sp³-hybridized carbons (Fsp3) is 0.591. The van der Waals surface area contributed by atoms with Gasteiger partial charge >= 0.3 is 0 Å². The van der Waals surface area contributed by atoms with Gasteiger partial charge in [0.25, 0.3) is 5.91 Å². The van der Waals surface area contributed by atoms with E-state index in [0.717, 1.165) is 38.0 Å². The van der Waals surface area contributed by atoms with Crippen molar-refractivity contribution in [1.82, 2.24) is 10.2 Å². The Morgan fingerprint density at radius 1 is 1.28 bits per heavy atom. The molecule has 0 bridgehead atoms. The van der Waals surface area contributed by atoms with Crippen molar-refractivity contribution < 1.29 is 14.3 Å². The number of rotatable bonds is 5. The molecule has 1 N–H and O–H groups in total. The van der Waals surface area contributed by atoms with Crippen LogP contribution in [0.15, 0.2) is 24.3 Å². The number of hydrogen-bond donors (Lipinski definition) is 1. The van der Waals surface area contributed by atoms with Crippen molar-refractivity contribution in [2.75, 3.05) is 31.1 Å². The van der Waals surface area contributed by atoms with Gasteiger partial charge < -0.3 is 19.9 Å². The Morgan fingerprint density at radius 3 is 2.62 bits per heavy atom. The van der Waals surface area contributed by atoms with Crippen LogP contribution in [-0.2, 0) is 9.59 Å². The number of benzene rings is 1. The van der Waals surface area contributed by atoms with Crippen molar-refractivity contribution >= 4 is 17.5 Å². The Bertz CT molecular complexity index is 797. The Kier molecular flexibility index (Phi) is 6.31. The third-order valence-corrected chi connectivity index (χ3v) is 5.93. The van der Waals surface area contributed by atoms with Gasteiger partial charge in [-0.25, -0.2) is 0 Å². The van der Waals surface area contributed by atoms with Crippen molar-refractivity contribution in [3.05, 3.63) is 24.3 Å². The van der Waals surface area contributed by atoms with Gasteiger partial charge in [-0.2, -0.15) is 5.26 Å². The molecule has 2 atom stereocenters. The highest BCUT2D eigenvalue weighted by molar-refractivity contribution is 5.86. The largest absolute Gasteiger partial charge is 0.477 e. The highest BCUT2D eigenvalue weighted by atomic mass is 16.5. The first kappa shape index (κ1) is 21.0. The molecule has 1 saturated heterocycles. The van der Waals surface area contributed by atoms with Gasteiger partial charge in [-0.15, -0.1) is 0 Å². The fourth-order valence-electron chi connectivity index (χ4n) is 3.71. The van der Waals surface area contributed by atoms with Crippen LogP contribution < -0.4 is 15.0 Å². The first-order chi connectivity index (χ1) is 13.8. The number of nitrogens with one attached hydrogen (secondary N) is 1. The minimum Gasteiger partial charge on any atom is -0.477 e. The zero-order valence-corrected chi connectivity index (χ0v) is 17.5. The smallest absolute Gasteiger partial charge is 0.265 e. The number of carbonyl (C=O) groups excluding carboxylic acids is 2. The van der Waals surface area contributed by atoms with Crippen LogP contribution >= 0.6 is 0 Å². The average Bonchev–Trinajstić information content (AvgIpc) is 2.73. The molecule has 2 aliphatic heterocycles. The minimum absolute atomic E-state index is 0.0198. The second-order valence-electron chi connectivity index (χ2n) is 8.36. The van der Waals surface area contributed by atoms with E-state index in [2.05, 4.69) is 11.4 Å². The van der Waals surface area contributed by atoms with Gasteiger partial charge in [0, 0.05) is 13.1 Å². The van der Waals surface area contributed by atoms with E-state index in [1.807, 2.05) is 47.9 Å². The number of nitrogens with zero attached hydrogens (tertiary/aromatic N) is 3. The molecule has 0 spiro atoms. The van der Waals surface area contributed by atoms with E-state index in [0.29, 0.717) is 12.3 Å². The second-order valence-corrected chi connectivity index (χ2v) is 8.36. The van der Waals surface area contributed by atoms with Gasteiger partial charge in [-0.05, 0) is 44.2 Å². The van der Waals surface area contributed by atoms with Crippen molar-refractivity contribution in [3.63, 3.8) is 0 Å². The number of carbonyl (C=O) groups is 2. The lowest BCUT2D eigenvalue weighted by atomic mass is 9.90. The molecular weight excluding hydrogens is 368 g/mol. The van der Waals surface area contributed by atoms with Crippen LogP contribution in [0, 0.1) is 17.2 Å². The van der Waals surface area contributed by atoms with Crippen molar-refractivity contribution in [3.8, 4) is 11.8 Å². The third kappa shape index (κ3) is 4.64. The molecule has 7 heteroatoms. The highest BCUT2D eigenvalue weighted by Crippen LogP contribution is 2.33. The number of hydrogen-bond acceptors (Lipinski definition) is 5. The highest BCUT2D eigenvalue weighted by Gasteiger charge is 2.36. The van der Waals surface area contributed by atoms with Crippen molar-refractivity contribution in [1.29, 1.82) is 5.26 Å². The number of amides is 2. The lowest BCUT2D eigenvalue weighted by Crippen LogP contribution is -2.55. The number of likely N-dealkylation sites (tertiary alicyclic amines) is 1. The van der Waals surface area contributed by atoms with Gasteiger partial charge in [0.2, 0.25) is 5.91 Å². The van der Waals surface area contributed by atoms with E-state index in [1.54, 1.807) is 6.92 Å². The number of fused-ring (bicyclic) bond motifs is 1. The van der Waals surface area contributed by atoms with E-state index in [1.165, 1.54) is 0 Å². The van der Waals surface area contributed by atoms with E-state index >= 15 is 0 Å². The summed E-state index contributed by atoms with van der Waals surface area (Å²) in [4.78, 5) is 29.5. The molecule has 0 saturated carbocycles. The summed E-state index contributed by atoms with van der Waals surface area (Å²) in [7, 11) is 0. The number of nitriles is 1. The number of anilines is 1. The molecule has 0 aromatic heterocycles. The predicted octanol–water partition coefficient (Wildman–Crippen LogP) is 2.32. The van der Waals surface area contributed by atoms with E-state index in [-0.39, 0.29) is 24.3 Å². The van der Waals surface area contributed by atoms with Crippen molar-refractivity contribution in [2.45, 2.75) is 51.7 Å². The topological polar surface area (TPSA) is 85.7 Å². The van der Waals surface area contributed by atoms with Crippen LogP contribution in [0.2, 0.25) is 0 Å². The Labute approximate surface area is 172 Å².